The summed E-state index contributed by atoms with van der Waals surface area (Å²) < 4.78 is 9.06. The van der Waals surface area contributed by atoms with Gasteiger partial charge < -0.3 is 10.1 Å². The van der Waals surface area contributed by atoms with Crippen LogP contribution in [0, 0.1) is 6.92 Å². The number of carbonyl (C=O) groups is 1. The molecule has 0 aliphatic carbocycles. The largest absolute Gasteiger partial charge is 0.471 e. The monoisotopic (exact) mass is 373 g/mol. The number of carbonyl (C=O) groups excluding carboxylic acids is 1. The molecule has 0 unspecified atom stereocenters. The molecular formula is C18H20ClN5O2. The topological polar surface area (TPSA) is 74.0 Å². The molecule has 2 aromatic heterocycles. The summed E-state index contributed by atoms with van der Waals surface area (Å²) in [5.41, 5.74) is 1.56. The lowest BCUT2D eigenvalue weighted by Gasteiger charge is -2.10. The molecule has 7 nitrogen and oxygen atoms in total. The fourth-order valence-electron chi connectivity index (χ4n) is 2.45. The van der Waals surface area contributed by atoms with Gasteiger partial charge in [0.15, 0.2) is 6.73 Å². The maximum absolute atomic E-state index is 12.3. The van der Waals surface area contributed by atoms with E-state index in [-0.39, 0.29) is 12.6 Å². The van der Waals surface area contributed by atoms with Gasteiger partial charge in [-0.2, -0.15) is 10.2 Å². The van der Waals surface area contributed by atoms with Gasteiger partial charge in [-0.15, -0.1) is 0 Å². The van der Waals surface area contributed by atoms with E-state index in [0.29, 0.717) is 23.0 Å². The minimum atomic E-state index is -0.181. The van der Waals surface area contributed by atoms with E-state index in [1.54, 1.807) is 42.7 Å². The number of rotatable bonds is 8. The van der Waals surface area contributed by atoms with Gasteiger partial charge in [0, 0.05) is 36.2 Å². The zero-order valence-corrected chi connectivity index (χ0v) is 15.2. The van der Waals surface area contributed by atoms with Gasteiger partial charge in [0.2, 0.25) is 0 Å². The van der Waals surface area contributed by atoms with Crippen molar-refractivity contribution in [2.75, 3.05) is 6.54 Å². The third-order valence-electron chi connectivity index (χ3n) is 3.88. The Hall–Kier alpha value is -2.80. The second kappa shape index (κ2) is 8.53. The van der Waals surface area contributed by atoms with E-state index in [1.165, 1.54) is 4.68 Å². The Morgan fingerprint density at radius 2 is 1.85 bits per heavy atom. The highest BCUT2D eigenvalue weighted by molar-refractivity contribution is 6.30. The fourth-order valence-corrected chi connectivity index (χ4v) is 2.58. The Bertz CT molecular complexity index is 857. The minimum Gasteiger partial charge on any atom is -0.471 e. The predicted octanol–water partition coefficient (Wildman–Crippen LogP) is 2.90. The molecular weight excluding hydrogens is 354 g/mol. The van der Waals surface area contributed by atoms with Crippen molar-refractivity contribution >= 4 is 17.5 Å². The van der Waals surface area contributed by atoms with Crippen LogP contribution in [-0.4, -0.2) is 32.0 Å². The van der Waals surface area contributed by atoms with Gasteiger partial charge in [0.25, 0.3) is 5.91 Å². The molecule has 3 aromatic rings. The standard InChI is InChI=1S/C18H20ClN5O2/c1-14-7-10-21-23(14)12-2-9-20-18(25)17-8-11-22-24(17)13-26-16-5-3-15(19)4-6-16/h3-8,10-11H,2,9,12-13H2,1H3,(H,20,25). The van der Waals surface area contributed by atoms with Crippen molar-refractivity contribution < 1.29 is 9.53 Å². The smallest absolute Gasteiger partial charge is 0.269 e. The third kappa shape index (κ3) is 4.64. The quantitative estimate of drug-likeness (QED) is 0.616. The second-order valence-corrected chi connectivity index (χ2v) is 6.18. The predicted molar refractivity (Wildman–Crippen MR) is 98.2 cm³/mol. The first-order chi connectivity index (χ1) is 12.6. The van der Waals surface area contributed by atoms with Crippen molar-refractivity contribution in [2.45, 2.75) is 26.6 Å². The van der Waals surface area contributed by atoms with Crippen LogP contribution in [0.25, 0.3) is 0 Å². The molecule has 0 radical (unpaired) electrons. The van der Waals surface area contributed by atoms with Gasteiger partial charge >= 0.3 is 0 Å². The first kappa shape index (κ1) is 18.0. The lowest BCUT2D eigenvalue weighted by atomic mass is 10.3. The second-order valence-electron chi connectivity index (χ2n) is 5.75. The third-order valence-corrected chi connectivity index (χ3v) is 4.13. The summed E-state index contributed by atoms with van der Waals surface area (Å²) >= 11 is 5.85. The Morgan fingerprint density at radius 3 is 2.58 bits per heavy atom. The number of amides is 1. The number of halogens is 1. The number of benzene rings is 1. The lowest BCUT2D eigenvalue weighted by Crippen LogP contribution is -2.28. The van der Waals surface area contributed by atoms with Gasteiger partial charge in [-0.3, -0.25) is 9.48 Å². The Kier molecular flexibility index (Phi) is 5.91. The summed E-state index contributed by atoms with van der Waals surface area (Å²) in [6.07, 6.45) is 4.14. The molecule has 1 N–H and O–H groups in total. The van der Waals surface area contributed by atoms with E-state index in [9.17, 15) is 4.79 Å². The molecule has 3 rings (SSSR count). The highest BCUT2D eigenvalue weighted by Gasteiger charge is 2.12. The summed E-state index contributed by atoms with van der Waals surface area (Å²) in [6.45, 7) is 3.47. The van der Waals surface area contributed by atoms with Gasteiger partial charge in [0.05, 0.1) is 0 Å². The van der Waals surface area contributed by atoms with Crippen molar-refractivity contribution in [1.82, 2.24) is 24.9 Å². The Morgan fingerprint density at radius 1 is 1.12 bits per heavy atom. The fraction of sp³-hybridized carbons (Fsp3) is 0.278. The Labute approximate surface area is 156 Å². The lowest BCUT2D eigenvalue weighted by molar-refractivity contribution is 0.0931. The summed E-state index contributed by atoms with van der Waals surface area (Å²) in [6, 6.07) is 10.6. The van der Waals surface area contributed by atoms with Crippen molar-refractivity contribution in [3.8, 4) is 5.75 Å². The molecule has 8 heteroatoms. The van der Waals surface area contributed by atoms with E-state index in [1.807, 2.05) is 17.7 Å². The minimum absolute atomic E-state index is 0.143. The zero-order chi connectivity index (χ0) is 18.4. The summed E-state index contributed by atoms with van der Waals surface area (Å²) in [7, 11) is 0. The van der Waals surface area contributed by atoms with Crippen LogP contribution >= 0.6 is 11.6 Å². The molecule has 0 aliphatic rings. The molecule has 0 fully saturated rings. The van der Waals surface area contributed by atoms with Crippen LogP contribution in [0.2, 0.25) is 5.02 Å². The van der Waals surface area contributed by atoms with E-state index in [2.05, 4.69) is 15.5 Å². The molecule has 0 saturated heterocycles. The highest BCUT2D eigenvalue weighted by Crippen LogP contribution is 2.16. The number of nitrogens with one attached hydrogen (secondary N) is 1. The van der Waals surface area contributed by atoms with E-state index in [0.717, 1.165) is 18.7 Å². The molecule has 26 heavy (non-hydrogen) atoms. The first-order valence-corrected chi connectivity index (χ1v) is 8.68. The number of hydrogen-bond donors (Lipinski definition) is 1. The van der Waals surface area contributed by atoms with Crippen LogP contribution in [0.1, 0.15) is 22.6 Å². The number of nitrogens with zero attached hydrogens (tertiary/aromatic N) is 4. The van der Waals surface area contributed by atoms with Crippen LogP contribution in [0.15, 0.2) is 48.8 Å². The van der Waals surface area contributed by atoms with Gasteiger partial charge in [-0.25, -0.2) is 4.68 Å². The van der Waals surface area contributed by atoms with Crippen molar-refractivity contribution in [1.29, 1.82) is 0 Å². The molecule has 2 heterocycles. The number of aromatic nitrogens is 4. The summed E-state index contributed by atoms with van der Waals surface area (Å²) in [4.78, 5) is 12.3. The Balaban J connectivity index is 1.48. The maximum Gasteiger partial charge on any atom is 0.269 e. The molecule has 0 aliphatic heterocycles. The summed E-state index contributed by atoms with van der Waals surface area (Å²) in [5, 5.41) is 11.9. The molecule has 0 bridgehead atoms. The van der Waals surface area contributed by atoms with Crippen LogP contribution in [0.3, 0.4) is 0 Å². The van der Waals surface area contributed by atoms with Gasteiger partial charge in [0.1, 0.15) is 11.4 Å². The normalized spacial score (nSPS) is 10.7. The van der Waals surface area contributed by atoms with E-state index in [4.69, 9.17) is 16.3 Å². The van der Waals surface area contributed by atoms with Crippen LogP contribution in [0.4, 0.5) is 0 Å². The zero-order valence-electron chi connectivity index (χ0n) is 14.4. The number of aryl methyl sites for hydroxylation is 2. The van der Waals surface area contributed by atoms with Gasteiger partial charge in [-0.05, 0) is 49.7 Å². The number of ether oxygens (including phenoxy) is 1. The van der Waals surface area contributed by atoms with E-state index >= 15 is 0 Å². The van der Waals surface area contributed by atoms with Crippen LogP contribution in [0.5, 0.6) is 5.75 Å². The van der Waals surface area contributed by atoms with Crippen molar-refractivity contribution in [3.63, 3.8) is 0 Å². The molecule has 0 spiro atoms. The number of hydrogen-bond acceptors (Lipinski definition) is 4. The molecule has 1 aromatic carbocycles. The average Bonchev–Trinajstić information content (AvgIpc) is 3.27. The molecule has 1 amide bonds. The van der Waals surface area contributed by atoms with Crippen molar-refractivity contribution in [2.24, 2.45) is 0 Å². The van der Waals surface area contributed by atoms with Crippen LogP contribution < -0.4 is 10.1 Å². The van der Waals surface area contributed by atoms with E-state index < -0.39 is 0 Å². The maximum atomic E-state index is 12.3. The summed E-state index contributed by atoms with van der Waals surface area (Å²) in [5.74, 6) is 0.477. The molecule has 0 atom stereocenters. The van der Waals surface area contributed by atoms with Crippen LogP contribution in [-0.2, 0) is 13.3 Å². The molecule has 136 valence electrons. The SMILES string of the molecule is Cc1ccnn1CCCNC(=O)c1ccnn1COc1ccc(Cl)cc1. The first-order valence-electron chi connectivity index (χ1n) is 8.30. The highest BCUT2D eigenvalue weighted by atomic mass is 35.5. The molecule has 0 saturated carbocycles. The average molecular weight is 374 g/mol. The van der Waals surface area contributed by atoms with Crippen molar-refractivity contribution in [3.05, 3.63) is 65.2 Å². The van der Waals surface area contributed by atoms with Gasteiger partial charge in [-0.1, -0.05) is 11.6 Å².